The molecule has 2 nitrogen and oxygen atoms in total. The molecule has 1 saturated carbocycles. The molecule has 0 aromatic carbocycles. The molecular formula is C14H26N2. The molecule has 1 N–H and O–H groups in total. The van der Waals surface area contributed by atoms with E-state index < -0.39 is 0 Å². The summed E-state index contributed by atoms with van der Waals surface area (Å²) in [6.07, 6.45) is 8.83. The van der Waals surface area contributed by atoms with E-state index in [0.717, 1.165) is 23.9 Å². The van der Waals surface area contributed by atoms with Gasteiger partial charge in [0.05, 0.1) is 0 Å². The van der Waals surface area contributed by atoms with E-state index in [0.29, 0.717) is 0 Å². The van der Waals surface area contributed by atoms with Crippen molar-refractivity contribution in [2.24, 2.45) is 11.8 Å². The summed E-state index contributed by atoms with van der Waals surface area (Å²) in [5.41, 5.74) is 0. The van der Waals surface area contributed by atoms with Gasteiger partial charge in [-0.15, -0.1) is 0 Å². The number of nitrogens with one attached hydrogen (secondary N) is 1. The number of likely N-dealkylation sites (tertiary alicyclic amines) is 1. The molecule has 2 saturated heterocycles. The van der Waals surface area contributed by atoms with Crippen molar-refractivity contribution in [3.05, 3.63) is 0 Å². The lowest BCUT2D eigenvalue weighted by molar-refractivity contribution is 0.0573. The number of hydrogen-bond acceptors (Lipinski definition) is 2. The fourth-order valence-corrected chi connectivity index (χ4v) is 4.32. The van der Waals surface area contributed by atoms with Crippen LogP contribution in [0.25, 0.3) is 0 Å². The number of fused-ring (bicyclic) bond motifs is 1. The van der Waals surface area contributed by atoms with Gasteiger partial charge in [-0.2, -0.15) is 0 Å². The molecule has 1 aliphatic carbocycles. The number of hydrogen-bond donors (Lipinski definition) is 1. The first-order chi connectivity index (χ1) is 7.86. The Morgan fingerprint density at radius 2 is 1.88 bits per heavy atom. The van der Waals surface area contributed by atoms with E-state index in [1.165, 1.54) is 58.2 Å². The highest BCUT2D eigenvalue weighted by molar-refractivity contribution is 4.95. The van der Waals surface area contributed by atoms with Gasteiger partial charge in [0.1, 0.15) is 0 Å². The van der Waals surface area contributed by atoms with Crippen molar-refractivity contribution in [2.45, 2.75) is 57.5 Å². The molecule has 2 heteroatoms. The summed E-state index contributed by atoms with van der Waals surface area (Å²) < 4.78 is 0. The van der Waals surface area contributed by atoms with Crippen molar-refractivity contribution >= 4 is 0 Å². The van der Waals surface area contributed by atoms with Crippen molar-refractivity contribution in [3.8, 4) is 0 Å². The smallest absolute Gasteiger partial charge is 0.0263 e. The first-order valence-electron chi connectivity index (χ1n) is 7.32. The molecule has 0 bridgehead atoms. The van der Waals surface area contributed by atoms with Gasteiger partial charge in [0.2, 0.25) is 0 Å². The summed E-state index contributed by atoms with van der Waals surface area (Å²) in [4.78, 5) is 2.85. The van der Waals surface area contributed by atoms with Gasteiger partial charge in [0.25, 0.3) is 0 Å². The van der Waals surface area contributed by atoms with Crippen molar-refractivity contribution in [3.63, 3.8) is 0 Å². The predicted molar refractivity (Wildman–Crippen MR) is 67.5 cm³/mol. The van der Waals surface area contributed by atoms with Gasteiger partial charge in [0.15, 0.2) is 0 Å². The van der Waals surface area contributed by atoms with Gasteiger partial charge < -0.3 is 5.32 Å². The molecule has 0 amide bonds. The van der Waals surface area contributed by atoms with Crippen LogP contribution in [0.2, 0.25) is 0 Å². The van der Waals surface area contributed by atoms with E-state index in [2.05, 4.69) is 17.1 Å². The van der Waals surface area contributed by atoms with Gasteiger partial charge in [-0.3, -0.25) is 4.90 Å². The Kier molecular flexibility index (Phi) is 3.21. The van der Waals surface area contributed by atoms with Crippen molar-refractivity contribution in [1.29, 1.82) is 0 Å². The van der Waals surface area contributed by atoms with E-state index in [1.54, 1.807) is 0 Å². The fraction of sp³-hybridized carbons (Fsp3) is 1.00. The van der Waals surface area contributed by atoms with Crippen LogP contribution < -0.4 is 5.32 Å². The largest absolute Gasteiger partial charge is 0.315 e. The Hall–Kier alpha value is -0.0800. The van der Waals surface area contributed by atoms with E-state index in [4.69, 9.17) is 0 Å². The maximum Gasteiger partial charge on any atom is 0.0263 e. The predicted octanol–water partition coefficient (Wildman–Crippen LogP) is 2.25. The van der Waals surface area contributed by atoms with Crippen LogP contribution in [0.3, 0.4) is 0 Å². The first kappa shape index (κ1) is 11.0. The SMILES string of the molecule is CC(C1CCCC1)N1CCCC2CNCC21. The number of piperidine rings is 1. The Bertz CT molecular complexity index is 235. The van der Waals surface area contributed by atoms with E-state index in [-0.39, 0.29) is 0 Å². The minimum absolute atomic E-state index is 0.843. The van der Waals surface area contributed by atoms with Crippen LogP contribution in [0.4, 0.5) is 0 Å². The number of rotatable bonds is 2. The fourth-order valence-electron chi connectivity index (χ4n) is 4.32. The molecular weight excluding hydrogens is 196 g/mol. The van der Waals surface area contributed by atoms with Gasteiger partial charge in [-0.05, 0) is 57.5 Å². The zero-order chi connectivity index (χ0) is 11.0. The van der Waals surface area contributed by atoms with Crippen molar-refractivity contribution in [1.82, 2.24) is 10.2 Å². The van der Waals surface area contributed by atoms with Crippen molar-refractivity contribution < 1.29 is 0 Å². The number of nitrogens with zero attached hydrogens (tertiary/aromatic N) is 1. The Morgan fingerprint density at radius 1 is 1.06 bits per heavy atom. The third-order valence-electron chi connectivity index (χ3n) is 5.33. The molecule has 3 unspecified atom stereocenters. The normalized spacial score (nSPS) is 38.8. The minimum Gasteiger partial charge on any atom is -0.315 e. The summed E-state index contributed by atoms with van der Waals surface area (Å²) >= 11 is 0. The monoisotopic (exact) mass is 222 g/mol. The Morgan fingerprint density at radius 3 is 2.69 bits per heavy atom. The molecule has 2 aliphatic heterocycles. The summed E-state index contributed by atoms with van der Waals surface area (Å²) in [5, 5.41) is 3.60. The average molecular weight is 222 g/mol. The Labute approximate surface area is 99.8 Å². The van der Waals surface area contributed by atoms with E-state index in [1.807, 2.05) is 0 Å². The highest BCUT2D eigenvalue weighted by Crippen LogP contribution is 2.35. The molecule has 0 aromatic rings. The van der Waals surface area contributed by atoms with Gasteiger partial charge in [0, 0.05) is 18.6 Å². The lowest BCUT2D eigenvalue weighted by atomic mass is 9.88. The van der Waals surface area contributed by atoms with Crippen LogP contribution in [0, 0.1) is 11.8 Å². The average Bonchev–Trinajstić information content (AvgIpc) is 2.98. The summed E-state index contributed by atoms with van der Waals surface area (Å²) in [5.74, 6) is 1.96. The third kappa shape index (κ3) is 1.91. The molecule has 16 heavy (non-hydrogen) atoms. The highest BCUT2D eigenvalue weighted by atomic mass is 15.2. The minimum atomic E-state index is 0.843. The van der Waals surface area contributed by atoms with Gasteiger partial charge >= 0.3 is 0 Å². The standard InChI is InChI=1S/C14H26N2/c1-11(12-5-2-3-6-12)16-8-4-7-13-9-15-10-14(13)16/h11-15H,2-10H2,1H3. The van der Waals surface area contributed by atoms with Gasteiger partial charge in [-0.1, -0.05) is 12.8 Å². The molecule has 2 heterocycles. The lowest BCUT2D eigenvalue weighted by Gasteiger charge is -2.43. The Balaban J connectivity index is 1.67. The van der Waals surface area contributed by atoms with Crippen LogP contribution in [0.15, 0.2) is 0 Å². The quantitative estimate of drug-likeness (QED) is 0.771. The third-order valence-corrected chi connectivity index (χ3v) is 5.33. The molecule has 3 rings (SSSR count). The molecule has 0 spiro atoms. The molecule has 3 fully saturated rings. The maximum absolute atomic E-state index is 3.60. The second kappa shape index (κ2) is 4.66. The van der Waals surface area contributed by atoms with Crippen LogP contribution in [0.1, 0.15) is 45.4 Å². The zero-order valence-electron chi connectivity index (χ0n) is 10.6. The topological polar surface area (TPSA) is 15.3 Å². The second-order valence-corrected chi connectivity index (χ2v) is 6.15. The molecule has 0 radical (unpaired) electrons. The molecule has 3 aliphatic rings. The van der Waals surface area contributed by atoms with Crippen LogP contribution in [-0.2, 0) is 0 Å². The molecule has 3 atom stereocenters. The van der Waals surface area contributed by atoms with Crippen LogP contribution in [0.5, 0.6) is 0 Å². The van der Waals surface area contributed by atoms with Crippen LogP contribution >= 0.6 is 0 Å². The molecule has 0 aromatic heterocycles. The zero-order valence-corrected chi connectivity index (χ0v) is 10.6. The van der Waals surface area contributed by atoms with Crippen LogP contribution in [-0.4, -0.2) is 36.6 Å². The maximum atomic E-state index is 3.60. The second-order valence-electron chi connectivity index (χ2n) is 6.15. The van der Waals surface area contributed by atoms with E-state index in [9.17, 15) is 0 Å². The summed E-state index contributed by atoms with van der Waals surface area (Å²) in [7, 11) is 0. The highest BCUT2D eigenvalue weighted by Gasteiger charge is 2.39. The van der Waals surface area contributed by atoms with Crippen molar-refractivity contribution in [2.75, 3.05) is 19.6 Å². The lowest BCUT2D eigenvalue weighted by Crippen LogP contribution is -2.51. The van der Waals surface area contributed by atoms with E-state index >= 15 is 0 Å². The molecule has 92 valence electrons. The summed E-state index contributed by atoms with van der Waals surface area (Å²) in [6, 6.07) is 1.71. The first-order valence-corrected chi connectivity index (χ1v) is 7.32. The van der Waals surface area contributed by atoms with Gasteiger partial charge in [-0.25, -0.2) is 0 Å². The summed E-state index contributed by atoms with van der Waals surface area (Å²) in [6.45, 7) is 6.39.